The maximum atomic E-state index is 9.26. The second-order valence-electron chi connectivity index (χ2n) is 3.57. The number of nitrogens with zero attached hydrogens (tertiary/aromatic N) is 3. The van der Waals surface area contributed by atoms with Gasteiger partial charge < -0.3 is 4.74 Å². The van der Waals surface area contributed by atoms with Gasteiger partial charge in [-0.1, -0.05) is 30.3 Å². The molecule has 0 bridgehead atoms. The lowest BCUT2D eigenvalue weighted by atomic mass is 9.96. The highest BCUT2D eigenvalue weighted by molar-refractivity contribution is 5.88. The van der Waals surface area contributed by atoms with Gasteiger partial charge in [-0.3, -0.25) is 0 Å². The van der Waals surface area contributed by atoms with Crippen molar-refractivity contribution in [1.82, 2.24) is 0 Å². The van der Waals surface area contributed by atoms with Gasteiger partial charge >= 0.3 is 0 Å². The molecule has 1 aromatic rings. The number of hydrogen-bond donors (Lipinski definition) is 0. The number of ether oxygens (including phenoxy) is 1. The first kappa shape index (κ1) is 14.8. The van der Waals surface area contributed by atoms with Crippen LogP contribution in [0.25, 0.3) is 10.4 Å². The number of benzene rings is 1. The number of methoxy groups -OCH3 is 1. The second kappa shape index (κ2) is 7.93. The topological polar surface area (TPSA) is 61.2 Å². The average molecular weight is 261 g/mol. The van der Waals surface area contributed by atoms with E-state index in [9.17, 15) is 5.26 Å². The minimum Gasteiger partial charge on any atom is -0.504 e. The van der Waals surface area contributed by atoms with Crippen LogP contribution in [-0.2, 0) is 4.74 Å². The Morgan fingerprint density at radius 1 is 1.25 bits per heavy atom. The first-order chi connectivity index (χ1) is 9.78. The SMILES string of the molecule is [C-]#[N+]/C(C#N)=C(/C(C#N)=C/C=C/OC)c1ccccc1. The Labute approximate surface area is 118 Å². The van der Waals surface area contributed by atoms with Gasteiger partial charge in [0.05, 0.1) is 37.7 Å². The van der Waals surface area contributed by atoms with Gasteiger partial charge in [-0.15, -0.1) is 0 Å². The van der Waals surface area contributed by atoms with Crippen LogP contribution in [0.3, 0.4) is 0 Å². The summed E-state index contributed by atoms with van der Waals surface area (Å²) in [6, 6.07) is 12.7. The van der Waals surface area contributed by atoms with E-state index in [-0.39, 0.29) is 11.3 Å². The Morgan fingerprint density at radius 3 is 2.45 bits per heavy atom. The molecule has 0 saturated heterocycles. The molecule has 96 valence electrons. The van der Waals surface area contributed by atoms with E-state index in [0.717, 1.165) is 0 Å². The van der Waals surface area contributed by atoms with Gasteiger partial charge in [0.25, 0.3) is 5.70 Å². The molecule has 1 rings (SSSR count). The molecule has 0 aromatic heterocycles. The summed E-state index contributed by atoms with van der Waals surface area (Å²) in [6.07, 6.45) is 4.46. The first-order valence-electron chi connectivity index (χ1n) is 5.65. The van der Waals surface area contributed by atoms with Crippen molar-refractivity contribution in [1.29, 1.82) is 10.5 Å². The summed E-state index contributed by atoms with van der Waals surface area (Å²) in [6.45, 7) is 7.09. The fourth-order valence-corrected chi connectivity index (χ4v) is 1.55. The summed E-state index contributed by atoms with van der Waals surface area (Å²) in [7, 11) is 1.49. The van der Waals surface area contributed by atoms with E-state index in [1.54, 1.807) is 30.3 Å². The molecular formula is C16H11N3O. The van der Waals surface area contributed by atoms with Crippen molar-refractivity contribution in [3.05, 3.63) is 77.0 Å². The van der Waals surface area contributed by atoms with Crippen LogP contribution in [0.2, 0.25) is 0 Å². The summed E-state index contributed by atoms with van der Waals surface area (Å²) >= 11 is 0. The van der Waals surface area contributed by atoms with Crippen LogP contribution in [0.15, 0.2) is 60.0 Å². The molecule has 0 unspecified atom stereocenters. The molecule has 0 atom stereocenters. The van der Waals surface area contributed by atoms with Crippen LogP contribution in [0, 0.1) is 29.2 Å². The molecule has 0 aliphatic rings. The van der Waals surface area contributed by atoms with Crippen molar-refractivity contribution in [2.45, 2.75) is 0 Å². The van der Waals surface area contributed by atoms with Crippen molar-refractivity contribution in [3.63, 3.8) is 0 Å². The smallest absolute Gasteiger partial charge is 0.270 e. The second-order valence-corrected chi connectivity index (χ2v) is 3.57. The zero-order valence-corrected chi connectivity index (χ0v) is 10.9. The molecular weight excluding hydrogens is 250 g/mol. The third kappa shape index (κ3) is 3.60. The largest absolute Gasteiger partial charge is 0.504 e. The van der Waals surface area contributed by atoms with Gasteiger partial charge in [0.15, 0.2) is 0 Å². The standard InChI is InChI=1S/C16H11N3O/c1-19-15(12-18)16(13-7-4-3-5-8-13)14(11-17)9-6-10-20-2/h3-10H,2H3/b10-6+,14-9+,16-15+. The Hall–Kier alpha value is -3.29. The number of nitriles is 2. The fraction of sp³-hybridized carbons (Fsp3) is 0.0625. The van der Waals surface area contributed by atoms with Crippen LogP contribution in [0.4, 0.5) is 0 Å². The maximum absolute atomic E-state index is 9.26. The molecule has 0 radical (unpaired) electrons. The zero-order valence-electron chi connectivity index (χ0n) is 10.9. The van der Waals surface area contributed by atoms with Gasteiger partial charge in [0.2, 0.25) is 0 Å². The van der Waals surface area contributed by atoms with Gasteiger partial charge in [-0.2, -0.15) is 5.26 Å². The molecule has 1 aromatic carbocycles. The normalized spacial score (nSPS) is 12.0. The minimum absolute atomic E-state index is 0.116. The molecule has 20 heavy (non-hydrogen) atoms. The third-order valence-electron chi connectivity index (χ3n) is 2.38. The Morgan fingerprint density at radius 2 is 1.95 bits per heavy atom. The van der Waals surface area contributed by atoms with E-state index in [4.69, 9.17) is 16.6 Å². The van der Waals surface area contributed by atoms with E-state index < -0.39 is 0 Å². The number of hydrogen-bond acceptors (Lipinski definition) is 3. The molecule has 0 aliphatic heterocycles. The van der Waals surface area contributed by atoms with Crippen molar-refractivity contribution in [3.8, 4) is 12.1 Å². The summed E-state index contributed by atoms with van der Waals surface area (Å²) in [5.41, 5.74) is 1.09. The number of allylic oxidation sites excluding steroid dienone is 5. The quantitative estimate of drug-likeness (QED) is 0.361. The van der Waals surface area contributed by atoms with E-state index in [1.807, 2.05) is 18.2 Å². The van der Waals surface area contributed by atoms with Crippen molar-refractivity contribution in [2.75, 3.05) is 7.11 Å². The van der Waals surface area contributed by atoms with Gasteiger partial charge in [-0.25, -0.2) is 10.1 Å². The zero-order chi connectivity index (χ0) is 14.8. The van der Waals surface area contributed by atoms with Crippen molar-refractivity contribution in [2.24, 2.45) is 0 Å². The van der Waals surface area contributed by atoms with Crippen LogP contribution in [0.5, 0.6) is 0 Å². The predicted molar refractivity (Wildman–Crippen MR) is 75.4 cm³/mol. The highest BCUT2D eigenvalue weighted by Crippen LogP contribution is 2.27. The highest BCUT2D eigenvalue weighted by atomic mass is 16.5. The molecule has 0 N–H and O–H groups in total. The van der Waals surface area contributed by atoms with E-state index in [0.29, 0.717) is 11.1 Å². The molecule has 4 heteroatoms. The maximum Gasteiger partial charge on any atom is 0.270 e. The lowest BCUT2D eigenvalue weighted by Gasteiger charge is -2.06. The molecule has 0 spiro atoms. The Balaban J connectivity index is 3.50. The predicted octanol–water partition coefficient (Wildman–Crippen LogP) is 3.45. The summed E-state index contributed by atoms with van der Waals surface area (Å²) in [4.78, 5) is 3.20. The molecule has 0 saturated carbocycles. The van der Waals surface area contributed by atoms with E-state index in [1.165, 1.54) is 19.4 Å². The van der Waals surface area contributed by atoms with Crippen molar-refractivity contribution >= 4 is 5.57 Å². The van der Waals surface area contributed by atoms with E-state index >= 15 is 0 Å². The Kier molecular flexibility index (Phi) is 5.85. The third-order valence-corrected chi connectivity index (χ3v) is 2.38. The van der Waals surface area contributed by atoms with Gasteiger partial charge in [0.1, 0.15) is 0 Å². The number of rotatable bonds is 4. The van der Waals surface area contributed by atoms with Gasteiger partial charge in [0, 0.05) is 5.57 Å². The van der Waals surface area contributed by atoms with Crippen LogP contribution in [-0.4, -0.2) is 7.11 Å². The van der Waals surface area contributed by atoms with Crippen LogP contribution >= 0.6 is 0 Å². The molecule has 0 aliphatic carbocycles. The fourth-order valence-electron chi connectivity index (χ4n) is 1.55. The van der Waals surface area contributed by atoms with Gasteiger partial charge in [-0.05, 0) is 17.7 Å². The van der Waals surface area contributed by atoms with Crippen molar-refractivity contribution < 1.29 is 4.74 Å². The van der Waals surface area contributed by atoms with Crippen LogP contribution in [0.1, 0.15) is 5.56 Å². The van der Waals surface area contributed by atoms with Crippen LogP contribution < -0.4 is 0 Å². The Bertz CT molecular complexity index is 661. The lowest BCUT2D eigenvalue weighted by Crippen LogP contribution is -1.91. The minimum atomic E-state index is -0.116. The molecule has 0 amide bonds. The summed E-state index contributed by atoms with van der Waals surface area (Å²) in [5, 5.41) is 18.3. The van der Waals surface area contributed by atoms with E-state index in [2.05, 4.69) is 4.85 Å². The highest BCUT2D eigenvalue weighted by Gasteiger charge is 2.13. The molecule has 0 fully saturated rings. The average Bonchev–Trinajstić information content (AvgIpc) is 2.51. The lowest BCUT2D eigenvalue weighted by molar-refractivity contribution is 0.338. The summed E-state index contributed by atoms with van der Waals surface area (Å²) < 4.78 is 4.76. The monoisotopic (exact) mass is 261 g/mol. The molecule has 0 heterocycles. The molecule has 4 nitrogen and oxygen atoms in total. The summed E-state index contributed by atoms with van der Waals surface area (Å²) in [5.74, 6) is 0. The first-order valence-corrected chi connectivity index (χ1v) is 5.65.